The molecule has 0 atom stereocenters. The van der Waals surface area contributed by atoms with Crippen molar-refractivity contribution in [2.24, 2.45) is 0 Å². The van der Waals surface area contributed by atoms with Gasteiger partial charge in [-0.3, -0.25) is 14.3 Å². The molecule has 22 heavy (non-hydrogen) atoms. The Labute approximate surface area is 145 Å². The Balaban J connectivity index is 2.55. The molecule has 0 amide bonds. The summed E-state index contributed by atoms with van der Waals surface area (Å²) in [6, 6.07) is 0. The quantitative estimate of drug-likeness (QED) is 0.319. The Morgan fingerprint density at radius 2 is 1.82 bits per heavy atom. The fraction of sp³-hybridized carbons (Fsp3) is 0.714. The minimum atomic E-state index is -1.77. The van der Waals surface area contributed by atoms with Crippen molar-refractivity contribution in [1.29, 1.82) is 0 Å². The van der Waals surface area contributed by atoms with Crippen LogP contribution < -0.4 is 11.2 Å². The summed E-state index contributed by atoms with van der Waals surface area (Å²) < 4.78 is 13.5. The van der Waals surface area contributed by atoms with Crippen LogP contribution in [0.15, 0.2) is 9.59 Å². The van der Waals surface area contributed by atoms with Crippen molar-refractivity contribution in [2.75, 3.05) is 13.2 Å². The number of nitrogens with zero attached hydrogens (tertiary/aromatic N) is 1. The lowest BCUT2D eigenvalue weighted by molar-refractivity contribution is 0.0467. The van der Waals surface area contributed by atoms with E-state index in [-0.39, 0.29) is 17.3 Å². The maximum absolute atomic E-state index is 11.8. The van der Waals surface area contributed by atoms with Gasteiger partial charge in [-0.25, -0.2) is 4.79 Å². The Hall–Kier alpha value is -0.453. The van der Waals surface area contributed by atoms with Crippen molar-refractivity contribution in [2.45, 2.75) is 52.6 Å². The predicted octanol–water partition coefficient (Wildman–Crippen LogP) is 2.45. The smallest absolute Gasteiger partial charge is 0.331 e. The lowest BCUT2D eigenvalue weighted by atomic mass is 10.2. The van der Waals surface area contributed by atoms with E-state index in [0.29, 0.717) is 22.5 Å². The third-order valence-corrected chi connectivity index (χ3v) is 10.00. The first-order valence-corrected chi connectivity index (χ1v) is 11.2. The highest BCUT2D eigenvalue weighted by atomic mass is 127. The summed E-state index contributed by atoms with van der Waals surface area (Å²) in [6.45, 7) is 13.6. The van der Waals surface area contributed by atoms with Gasteiger partial charge in [-0.05, 0) is 47.6 Å². The standard InChI is InChI=1S/C14H25IN2O4Si/c1-10-11(15)17(13(19)16-12(10)18)9-20-7-8-21-22(5,6)14(2,3)4/h7-9H2,1-6H3,(H,16,18,19). The number of nitrogens with one attached hydrogen (secondary N) is 1. The molecule has 1 aromatic heterocycles. The molecule has 0 bridgehead atoms. The molecule has 0 spiro atoms. The van der Waals surface area contributed by atoms with Crippen LogP contribution in [0, 0.1) is 10.6 Å². The third kappa shape index (κ3) is 4.77. The van der Waals surface area contributed by atoms with E-state index >= 15 is 0 Å². The molecule has 0 saturated carbocycles. The van der Waals surface area contributed by atoms with Gasteiger partial charge in [-0.2, -0.15) is 0 Å². The van der Waals surface area contributed by atoms with Crippen molar-refractivity contribution in [3.05, 3.63) is 30.1 Å². The van der Waals surface area contributed by atoms with Gasteiger partial charge in [0.25, 0.3) is 5.56 Å². The molecular formula is C14H25IN2O4Si. The number of hydrogen-bond acceptors (Lipinski definition) is 4. The van der Waals surface area contributed by atoms with Crippen LogP contribution in [-0.4, -0.2) is 31.1 Å². The van der Waals surface area contributed by atoms with E-state index in [1.165, 1.54) is 4.57 Å². The Bertz CT molecular complexity index is 631. The summed E-state index contributed by atoms with van der Waals surface area (Å²) in [5.41, 5.74) is -0.293. The largest absolute Gasteiger partial charge is 0.414 e. The number of rotatable bonds is 6. The van der Waals surface area contributed by atoms with Gasteiger partial charge in [0.15, 0.2) is 8.32 Å². The zero-order valence-corrected chi connectivity index (χ0v) is 17.2. The Morgan fingerprint density at radius 1 is 1.23 bits per heavy atom. The van der Waals surface area contributed by atoms with Crippen LogP contribution in [0.5, 0.6) is 0 Å². The molecule has 1 heterocycles. The third-order valence-electron chi connectivity index (χ3n) is 4.07. The molecule has 8 heteroatoms. The molecule has 0 radical (unpaired) electrons. The van der Waals surface area contributed by atoms with Gasteiger partial charge in [-0.1, -0.05) is 20.8 Å². The number of ether oxygens (including phenoxy) is 1. The number of aromatic amines is 1. The first-order chi connectivity index (χ1) is 9.97. The van der Waals surface area contributed by atoms with E-state index in [9.17, 15) is 9.59 Å². The number of halogens is 1. The average molecular weight is 440 g/mol. The fourth-order valence-electron chi connectivity index (χ4n) is 1.49. The summed E-state index contributed by atoms with van der Waals surface area (Å²) in [7, 11) is -1.77. The van der Waals surface area contributed by atoms with Gasteiger partial charge in [-0.15, -0.1) is 0 Å². The first kappa shape index (κ1) is 19.6. The van der Waals surface area contributed by atoms with E-state index in [1.54, 1.807) is 6.92 Å². The zero-order valence-electron chi connectivity index (χ0n) is 14.1. The molecule has 6 nitrogen and oxygen atoms in total. The van der Waals surface area contributed by atoms with Crippen LogP contribution in [-0.2, 0) is 15.9 Å². The van der Waals surface area contributed by atoms with Gasteiger partial charge < -0.3 is 9.16 Å². The molecule has 0 unspecified atom stereocenters. The van der Waals surface area contributed by atoms with Crippen LogP contribution in [0.1, 0.15) is 26.3 Å². The highest BCUT2D eigenvalue weighted by molar-refractivity contribution is 14.1. The highest BCUT2D eigenvalue weighted by Crippen LogP contribution is 2.36. The van der Waals surface area contributed by atoms with Crippen LogP contribution in [0.4, 0.5) is 0 Å². The number of aromatic nitrogens is 2. The van der Waals surface area contributed by atoms with Crippen LogP contribution in [0.3, 0.4) is 0 Å². The molecule has 0 saturated heterocycles. The summed E-state index contributed by atoms with van der Waals surface area (Å²) in [5.74, 6) is 0. The summed E-state index contributed by atoms with van der Waals surface area (Å²) in [4.78, 5) is 25.5. The fourth-order valence-corrected chi connectivity index (χ4v) is 3.12. The van der Waals surface area contributed by atoms with Crippen molar-refractivity contribution in [1.82, 2.24) is 9.55 Å². The van der Waals surface area contributed by atoms with Crippen LogP contribution >= 0.6 is 22.6 Å². The van der Waals surface area contributed by atoms with E-state index in [1.807, 2.05) is 22.6 Å². The molecule has 1 N–H and O–H groups in total. The van der Waals surface area contributed by atoms with Gasteiger partial charge in [0.05, 0.1) is 16.9 Å². The van der Waals surface area contributed by atoms with Gasteiger partial charge in [0, 0.05) is 5.56 Å². The maximum atomic E-state index is 11.8. The molecule has 0 aliphatic heterocycles. The maximum Gasteiger partial charge on any atom is 0.331 e. The second kappa shape index (κ2) is 7.41. The number of hydrogen-bond donors (Lipinski definition) is 1. The summed E-state index contributed by atoms with van der Waals surface area (Å²) in [5, 5.41) is 0.162. The zero-order chi connectivity index (χ0) is 17.1. The van der Waals surface area contributed by atoms with E-state index in [0.717, 1.165) is 0 Å². The molecule has 126 valence electrons. The minimum Gasteiger partial charge on any atom is -0.414 e. The summed E-state index contributed by atoms with van der Waals surface area (Å²) in [6.07, 6.45) is 0. The van der Waals surface area contributed by atoms with Crippen molar-refractivity contribution >= 4 is 30.9 Å². The molecule has 0 aliphatic rings. The number of H-pyrrole nitrogens is 1. The highest BCUT2D eigenvalue weighted by Gasteiger charge is 2.36. The Morgan fingerprint density at radius 3 is 2.36 bits per heavy atom. The molecule has 0 aliphatic carbocycles. The van der Waals surface area contributed by atoms with Crippen molar-refractivity contribution in [3.63, 3.8) is 0 Å². The lowest BCUT2D eigenvalue weighted by Crippen LogP contribution is -2.41. The van der Waals surface area contributed by atoms with Gasteiger partial charge in [0.2, 0.25) is 0 Å². The van der Waals surface area contributed by atoms with Crippen LogP contribution in [0.25, 0.3) is 0 Å². The molecular weight excluding hydrogens is 415 g/mol. The predicted molar refractivity (Wildman–Crippen MR) is 97.9 cm³/mol. The second-order valence-corrected chi connectivity index (χ2v) is 12.6. The normalized spacial score (nSPS) is 12.7. The average Bonchev–Trinajstić information content (AvgIpc) is 2.38. The van der Waals surface area contributed by atoms with E-state index < -0.39 is 14.0 Å². The van der Waals surface area contributed by atoms with Crippen molar-refractivity contribution < 1.29 is 9.16 Å². The van der Waals surface area contributed by atoms with Crippen molar-refractivity contribution in [3.8, 4) is 0 Å². The molecule has 1 rings (SSSR count). The molecule has 0 aromatic carbocycles. The topological polar surface area (TPSA) is 73.3 Å². The Kier molecular flexibility index (Phi) is 6.60. The van der Waals surface area contributed by atoms with Gasteiger partial charge in [0.1, 0.15) is 6.73 Å². The van der Waals surface area contributed by atoms with Crippen LogP contribution in [0.2, 0.25) is 18.1 Å². The second-order valence-electron chi connectivity index (χ2n) is 6.75. The van der Waals surface area contributed by atoms with E-state index in [4.69, 9.17) is 9.16 Å². The molecule has 0 fully saturated rings. The minimum absolute atomic E-state index is 0.107. The summed E-state index contributed by atoms with van der Waals surface area (Å²) >= 11 is 1.98. The monoisotopic (exact) mass is 440 g/mol. The first-order valence-electron chi connectivity index (χ1n) is 7.18. The SMILES string of the molecule is Cc1c(I)n(COCCO[Si](C)(C)C(C)(C)C)c(=O)[nH]c1=O. The van der Waals surface area contributed by atoms with E-state index in [2.05, 4.69) is 38.8 Å². The van der Waals surface area contributed by atoms with Gasteiger partial charge >= 0.3 is 5.69 Å². The molecule has 1 aromatic rings. The lowest BCUT2D eigenvalue weighted by Gasteiger charge is -2.36.